The van der Waals surface area contributed by atoms with Crippen molar-refractivity contribution in [2.75, 3.05) is 0 Å². The van der Waals surface area contributed by atoms with E-state index in [0.29, 0.717) is 5.02 Å². The number of hydrogen-bond donors (Lipinski definition) is 1. The lowest BCUT2D eigenvalue weighted by atomic mass is 10.1. The average Bonchev–Trinajstić information content (AvgIpc) is 2.08. The van der Waals surface area contributed by atoms with Crippen molar-refractivity contribution in [3.8, 4) is 6.07 Å². The molecule has 0 spiro atoms. The van der Waals surface area contributed by atoms with Crippen molar-refractivity contribution in [2.45, 2.75) is 6.04 Å². The van der Waals surface area contributed by atoms with E-state index in [1.54, 1.807) is 6.07 Å². The molecule has 12 heavy (non-hydrogen) atoms. The van der Waals surface area contributed by atoms with Crippen LogP contribution in [0.4, 0.5) is 4.39 Å². The lowest BCUT2D eigenvalue weighted by Crippen LogP contribution is -2.09. The summed E-state index contributed by atoms with van der Waals surface area (Å²) in [5.41, 5.74) is 5.43. The highest BCUT2D eigenvalue weighted by Crippen LogP contribution is 2.19. The molecule has 0 aliphatic carbocycles. The molecule has 1 aromatic rings. The number of rotatable bonds is 1. The van der Waals surface area contributed by atoms with Gasteiger partial charge in [-0.3, -0.25) is 0 Å². The van der Waals surface area contributed by atoms with E-state index in [1.165, 1.54) is 18.2 Å². The molecule has 0 aromatic heterocycles. The smallest absolute Gasteiger partial charge is 0.129 e. The molecule has 62 valence electrons. The maximum Gasteiger partial charge on any atom is 0.129 e. The highest BCUT2D eigenvalue weighted by molar-refractivity contribution is 6.30. The van der Waals surface area contributed by atoms with Gasteiger partial charge in [-0.05, 0) is 18.2 Å². The molecule has 0 amide bonds. The molecule has 1 rings (SSSR count). The fourth-order valence-electron chi connectivity index (χ4n) is 0.822. The van der Waals surface area contributed by atoms with Crippen LogP contribution in [0.3, 0.4) is 0 Å². The second-order valence-electron chi connectivity index (χ2n) is 2.27. The summed E-state index contributed by atoms with van der Waals surface area (Å²) < 4.78 is 12.9. The van der Waals surface area contributed by atoms with Crippen LogP contribution in [0.5, 0.6) is 0 Å². The van der Waals surface area contributed by atoms with E-state index in [4.69, 9.17) is 22.6 Å². The van der Waals surface area contributed by atoms with Gasteiger partial charge in [0.25, 0.3) is 0 Å². The summed E-state index contributed by atoms with van der Waals surface area (Å²) in [4.78, 5) is 0. The van der Waals surface area contributed by atoms with E-state index in [0.717, 1.165) is 0 Å². The zero-order valence-electron chi connectivity index (χ0n) is 6.09. The molecule has 0 saturated carbocycles. The molecule has 0 bridgehead atoms. The second-order valence-corrected chi connectivity index (χ2v) is 2.71. The summed E-state index contributed by atoms with van der Waals surface area (Å²) in [7, 11) is 0. The van der Waals surface area contributed by atoms with Crippen LogP contribution in [0.1, 0.15) is 11.6 Å². The van der Waals surface area contributed by atoms with E-state index < -0.39 is 11.9 Å². The first-order valence-electron chi connectivity index (χ1n) is 3.25. The van der Waals surface area contributed by atoms with Crippen molar-refractivity contribution in [3.63, 3.8) is 0 Å². The molecule has 4 heteroatoms. The molecule has 0 fully saturated rings. The quantitative estimate of drug-likeness (QED) is 0.726. The van der Waals surface area contributed by atoms with Crippen LogP contribution in [0.2, 0.25) is 5.02 Å². The Morgan fingerprint density at radius 1 is 1.58 bits per heavy atom. The molecule has 0 heterocycles. The van der Waals surface area contributed by atoms with Crippen molar-refractivity contribution in [2.24, 2.45) is 5.73 Å². The van der Waals surface area contributed by atoms with E-state index in [9.17, 15) is 4.39 Å². The molecule has 1 atom stereocenters. The summed E-state index contributed by atoms with van der Waals surface area (Å²) in [5.74, 6) is -0.506. The van der Waals surface area contributed by atoms with Crippen molar-refractivity contribution in [1.29, 1.82) is 5.26 Å². The minimum Gasteiger partial charge on any atom is -0.312 e. The van der Waals surface area contributed by atoms with Gasteiger partial charge in [-0.25, -0.2) is 4.39 Å². The predicted molar refractivity (Wildman–Crippen MR) is 44.0 cm³/mol. The van der Waals surface area contributed by atoms with Crippen LogP contribution in [0.15, 0.2) is 18.2 Å². The third-order valence-corrected chi connectivity index (χ3v) is 1.67. The highest BCUT2D eigenvalue weighted by atomic mass is 35.5. The van der Waals surface area contributed by atoms with Crippen molar-refractivity contribution >= 4 is 11.6 Å². The molecular weight excluding hydrogens is 179 g/mol. The monoisotopic (exact) mass is 184 g/mol. The Labute approximate surface area is 74.4 Å². The van der Waals surface area contributed by atoms with E-state index >= 15 is 0 Å². The van der Waals surface area contributed by atoms with Crippen LogP contribution in [-0.4, -0.2) is 0 Å². The second kappa shape index (κ2) is 3.53. The molecule has 0 aliphatic rings. The third kappa shape index (κ3) is 1.73. The maximum atomic E-state index is 12.9. The zero-order valence-corrected chi connectivity index (χ0v) is 6.85. The number of halogens is 2. The lowest BCUT2D eigenvalue weighted by molar-refractivity contribution is 0.603. The van der Waals surface area contributed by atoms with Crippen molar-refractivity contribution in [3.05, 3.63) is 34.6 Å². The van der Waals surface area contributed by atoms with Crippen molar-refractivity contribution < 1.29 is 4.39 Å². The van der Waals surface area contributed by atoms with Gasteiger partial charge in [-0.2, -0.15) is 5.26 Å². The van der Waals surface area contributed by atoms with Crippen molar-refractivity contribution in [1.82, 2.24) is 0 Å². The number of nitrogens with zero attached hydrogens (tertiary/aromatic N) is 1. The minimum absolute atomic E-state index is 0.130. The Morgan fingerprint density at radius 3 is 2.83 bits per heavy atom. The van der Waals surface area contributed by atoms with Gasteiger partial charge in [0, 0.05) is 10.6 Å². The predicted octanol–water partition coefficient (Wildman–Crippen LogP) is 2.00. The van der Waals surface area contributed by atoms with Gasteiger partial charge in [-0.1, -0.05) is 11.6 Å². The zero-order chi connectivity index (χ0) is 9.14. The highest BCUT2D eigenvalue weighted by Gasteiger charge is 2.10. The molecular formula is C8H6ClFN2. The molecule has 0 saturated heterocycles. The Bertz CT molecular complexity index is 332. The average molecular weight is 185 g/mol. The number of hydrogen-bond acceptors (Lipinski definition) is 2. The topological polar surface area (TPSA) is 49.8 Å². The van der Waals surface area contributed by atoms with Crippen LogP contribution < -0.4 is 5.73 Å². The first kappa shape index (κ1) is 8.98. The molecule has 1 unspecified atom stereocenters. The van der Waals surface area contributed by atoms with Gasteiger partial charge in [0.05, 0.1) is 6.07 Å². The first-order valence-corrected chi connectivity index (χ1v) is 3.63. The minimum atomic E-state index is -0.955. The Kier molecular flexibility index (Phi) is 2.64. The number of nitriles is 1. The lowest BCUT2D eigenvalue weighted by Gasteiger charge is -2.04. The van der Waals surface area contributed by atoms with Gasteiger partial charge in [-0.15, -0.1) is 0 Å². The Balaban J connectivity index is 3.15. The maximum absolute atomic E-state index is 12.9. The molecule has 0 aliphatic heterocycles. The summed E-state index contributed by atoms with van der Waals surface area (Å²) in [6.45, 7) is 0. The van der Waals surface area contributed by atoms with Gasteiger partial charge in [0.15, 0.2) is 0 Å². The van der Waals surface area contributed by atoms with Crippen LogP contribution in [0.25, 0.3) is 0 Å². The standard InChI is InChI=1S/C8H6ClFN2/c9-5-1-2-7(10)6(3-5)8(12)4-11/h1-3,8H,12H2. The summed E-state index contributed by atoms with van der Waals surface area (Å²) in [5, 5.41) is 8.79. The molecule has 0 radical (unpaired) electrons. The van der Waals surface area contributed by atoms with Crippen LogP contribution >= 0.6 is 11.6 Å². The van der Waals surface area contributed by atoms with Gasteiger partial charge < -0.3 is 5.73 Å². The van der Waals surface area contributed by atoms with E-state index in [1.807, 2.05) is 0 Å². The molecule has 1 aromatic carbocycles. The fraction of sp³-hybridized carbons (Fsp3) is 0.125. The number of nitrogens with two attached hydrogens (primary N) is 1. The van der Waals surface area contributed by atoms with Crippen LogP contribution in [-0.2, 0) is 0 Å². The van der Waals surface area contributed by atoms with Gasteiger partial charge in [0.2, 0.25) is 0 Å². The summed E-state index contributed by atoms with van der Waals surface area (Å²) in [6.07, 6.45) is 0. The van der Waals surface area contributed by atoms with Gasteiger partial charge >= 0.3 is 0 Å². The Morgan fingerprint density at radius 2 is 2.25 bits per heavy atom. The normalized spacial score (nSPS) is 12.2. The van der Waals surface area contributed by atoms with E-state index in [-0.39, 0.29) is 5.56 Å². The molecule has 2 N–H and O–H groups in total. The third-order valence-electron chi connectivity index (χ3n) is 1.43. The Hall–Kier alpha value is -1.11. The largest absolute Gasteiger partial charge is 0.312 e. The van der Waals surface area contributed by atoms with Crippen LogP contribution in [0, 0.1) is 17.1 Å². The summed E-state index contributed by atoms with van der Waals surface area (Å²) >= 11 is 5.59. The fourth-order valence-corrected chi connectivity index (χ4v) is 1.00. The molecule has 2 nitrogen and oxygen atoms in total. The van der Waals surface area contributed by atoms with E-state index in [2.05, 4.69) is 0 Å². The SMILES string of the molecule is N#CC(N)c1cc(Cl)ccc1F. The first-order chi connectivity index (χ1) is 5.65. The van der Waals surface area contributed by atoms with Gasteiger partial charge in [0.1, 0.15) is 11.9 Å². The number of benzene rings is 1. The summed E-state index contributed by atoms with van der Waals surface area (Å²) in [6, 6.07) is 4.72.